The van der Waals surface area contributed by atoms with Crippen molar-refractivity contribution in [3.63, 3.8) is 0 Å². The number of amidine groups is 1. The lowest BCUT2D eigenvalue weighted by atomic mass is 10.1. The first-order valence-corrected chi connectivity index (χ1v) is 13.2. The van der Waals surface area contributed by atoms with Crippen LogP contribution in [0.4, 0.5) is 5.69 Å². The van der Waals surface area contributed by atoms with Gasteiger partial charge in [0.25, 0.3) is 5.91 Å². The van der Waals surface area contributed by atoms with Gasteiger partial charge < -0.3 is 14.8 Å². The number of carbonyl (C=O) groups excluding carboxylic acids is 1. The van der Waals surface area contributed by atoms with Crippen LogP contribution >= 0.6 is 43.6 Å². The summed E-state index contributed by atoms with van der Waals surface area (Å²) in [5.74, 6) is 0.802. The lowest BCUT2D eigenvalue weighted by Gasteiger charge is -2.14. The van der Waals surface area contributed by atoms with Crippen LogP contribution in [0, 0.1) is 25.2 Å². The average Bonchev–Trinajstić information content (AvgIpc) is 3.19. The highest BCUT2D eigenvalue weighted by Crippen LogP contribution is 2.39. The number of carbonyl (C=O) groups is 1. The van der Waals surface area contributed by atoms with Crippen molar-refractivity contribution in [2.24, 2.45) is 4.99 Å². The summed E-state index contributed by atoms with van der Waals surface area (Å²) in [7, 11) is 1.55. The fraction of sp³-hybridized carbons (Fsp3) is 0.148. The Labute approximate surface area is 230 Å². The Morgan fingerprint density at radius 1 is 1.14 bits per heavy atom. The minimum absolute atomic E-state index is 0.215. The third kappa shape index (κ3) is 5.84. The topological polar surface area (TPSA) is 83.7 Å². The molecular formula is C27H21Br2N3O3S. The van der Waals surface area contributed by atoms with Crippen molar-refractivity contribution in [1.82, 2.24) is 5.32 Å². The highest BCUT2D eigenvalue weighted by atomic mass is 79.9. The molecule has 0 spiro atoms. The van der Waals surface area contributed by atoms with E-state index in [1.807, 2.05) is 50.2 Å². The second kappa shape index (κ2) is 11.3. The van der Waals surface area contributed by atoms with E-state index in [1.54, 1.807) is 25.3 Å². The van der Waals surface area contributed by atoms with Gasteiger partial charge in [-0.1, -0.05) is 34.1 Å². The molecule has 3 aromatic carbocycles. The smallest absolute Gasteiger partial charge is 0.264 e. The van der Waals surface area contributed by atoms with Crippen LogP contribution in [0.3, 0.4) is 0 Å². The number of amides is 1. The Kier molecular flexibility index (Phi) is 8.19. The Bertz CT molecular complexity index is 1440. The quantitative estimate of drug-likeness (QED) is 0.293. The summed E-state index contributed by atoms with van der Waals surface area (Å²) in [6.07, 6.45) is 1.78. The van der Waals surface area contributed by atoms with Gasteiger partial charge in [-0.2, -0.15) is 5.26 Å². The van der Waals surface area contributed by atoms with Crippen LogP contribution in [-0.2, 0) is 11.4 Å². The second-order valence-corrected chi connectivity index (χ2v) is 10.6. The highest BCUT2D eigenvalue weighted by Gasteiger charge is 2.24. The number of hydrogen-bond acceptors (Lipinski definition) is 6. The Morgan fingerprint density at radius 3 is 2.56 bits per heavy atom. The second-order valence-electron chi connectivity index (χ2n) is 7.97. The minimum atomic E-state index is -0.215. The van der Waals surface area contributed by atoms with Crippen molar-refractivity contribution in [1.29, 1.82) is 5.26 Å². The number of aliphatic imine (C=N–C) groups is 1. The van der Waals surface area contributed by atoms with E-state index in [-0.39, 0.29) is 12.5 Å². The average molecular weight is 627 g/mol. The van der Waals surface area contributed by atoms with Gasteiger partial charge in [-0.05, 0) is 94.6 Å². The highest BCUT2D eigenvalue weighted by molar-refractivity contribution is 9.10. The number of nitrogens with zero attached hydrogens (tertiary/aromatic N) is 2. The fourth-order valence-electron chi connectivity index (χ4n) is 3.61. The number of ether oxygens (including phenoxy) is 2. The molecular weight excluding hydrogens is 606 g/mol. The van der Waals surface area contributed by atoms with E-state index in [2.05, 4.69) is 48.2 Å². The summed E-state index contributed by atoms with van der Waals surface area (Å²) >= 11 is 8.40. The third-order valence-corrected chi connectivity index (χ3v) is 8.11. The van der Waals surface area contributed by atoms with Crippen LogP contribution in [0.15, 0.2) is 67.4 Å². The van der Waals surface area contributed by atoms with Crippen molar-refractivity contribution in [2.45, 2.75) is 20.5 Å². The Morgan fingerprint density at radius 2 is 1.86 bits per heavy atom. The maximum absolute atomic E-state index is 12.6. The summed E-state index contributed by atoms with van der Waals surface area (Å²) in [4.78, 5) is 17.7. The zero-order valence-corrected chi connectivity index (χ0v) is 23.7. The van der Waals surface area contributed by atoms with E-state index >= 15 is 0 Å². The minimum Gasteiger partial charge on any atom is -0.493 e. The molecule has 0 bridgehead atoms. The van der Waals surface area contributed by atoms with Gasteiger partial charge in [-0.15, -0.1) is 0 Å². The standard InChI is InChI=1S/C27H21Br2N3O3S/c1-15-8-20(9-16(2)24(15)29)31-27-32-26(33)23(36-27)12-17-10-21(28)25(22(11-17)34-3)35-14-19-7-5-4-6-18(19)13-30/h4-12H,14H2,1-3H3,(H,31,32,33)/b23-12-. The first kappa shape index (κ1) is 26.0. The number of aryl methyl sites for hydroxylation is 2. The zero-order valence-electron chi connectivity index (χ0n) is 19.7. The van der Waals surface area contributed by atoms with Crippen LogP contribution < -0.4 is 14.8 Å². The molecule has 0 aliphatic carbocycles. The molecule has 9 heteroatoms. The summed E-state index contributed by atoms with van der Waals surface area (Å²) in [6.45, 7) is 4.23. The van der Waals surface area contributed by atoms with Gasteiger partial charge in [0.2, 0.25) is 0 Å². The van der Waals surface area contributed by atoms with Gasteiger partial charge in [0.15, 0.2) is 16.7 Å². The molecule has 1 amide bonds. The van der Waals surface area contributed by atoms with Crippen LogP contribution in [0.2, 0.25) is 0 Å². The van der Waals surface area contributed by atoms with E-state index < -0.39 is 0 Å². The number of halogens is 2. The van der Waals surface area contributed by atoms with Crippen LogP contribution in [-0.4, -0.2) is 18.2 Å². The molecule has 1 aliphatic rings. The van der Waals surface area contributed by atoms with E-state index in [9.17, 15) is 10.1 Å². The SMILES string of the molecule is COc1cc(/C=C2\SC(=Nc3cc(C)c(Br)c(C)c3)NC2=O)cc(Br)c1OCc1ccccc1C#N. The van der Waals surface area contributed by atoms with E-state index in [0.717, 1.165) is 32.4 Å². The van der Waals surface area contributed by atoms with E-state index in [0.29, 0.717) is 31.6 Å². The predicted octanol–water partition coefficient (Wildman–Crippen LogP) is 7.18. The van der Waals surface area contributed by atoms with E-state index in [4.69, 9.17) is 9.47 Å². The van der Waals surface area contributed by atoms with Gasteiger partial charge >= 0.3 is 0 Å². The van der Waals surface area contributed by atoms with Crippen LogP contribution in [0.5, 0.6) is 11.5 Å². The number of methoxy groups -OCH3 is 1. The largest absolute Gasteiger partial charge is 0.493 e. The molecule has 1 saturated heterocycles. The Balaban J connectivity index is 1.56. The number of benzene rings is 3. The number of thioether (sulfide) groups is 1. The molecule has 0 saturated carbocycles. The molecule has 0 radical (unpaired) electrons. The molecule has 0 aromatic heterocycles. The van der Waals surface area contributed by atoms with Crippen molar-refractivity contribution in [3.8, 4) is 17.6 Å². The molecule has 1 heterocycles. The van der Waals surface area contributed by atoms with Crippen molar-refractivity contribution in [2.75, 3.05) is 7.11 Å². The molecule has 3 aromatic rings. The van der Waals surface area contributed by atoms with Gasteiger partial charge in [0.05, 0.1) is 33.8 Å². The molecule has 0 atom stereocenters. The predicted molar refractivity (Wildman–Crippen MR) is 151 cm³/mol. The summed E-state index contributed by atoms with van der Waals surface area (Å²) in [5, 5.41) is 12.7. The lowest BCUT2D eigenvalue weighted by Crippen LogP contribution is -2.19. The first-order valence-electron chi connectivity index (χ1n) is 10.8. The van der Waals surface area contributed by atoms with Crippen LogP contribution in [0.25, 0.3) is 6.08 Å². The molecule has 4 rings (SSSR count). The normalized spacial score (nSPS) is 15.2. The summed E-state index contributed by atoms with van der Waals surface area (Å²) in [5.41, 5.74) is 5.04. The number of rotatable bonds is 6. The van der Waals surface area contributed by atoms with Crippen LogP contribution in [0.1, 0.15) is 27.8 Å². The third-order valence-electron chi connectivity index (χ3n) is 5.36. The Hall–Kier alpha value is -3.06. The van der Waals surface area contributed by atoms with Gasteiger partial charge in [0.1, 0.15) is 6.61 Å². The fourth-order valence-corrected chi connectivity index (χ4v) is 5.25. The summed E-state index contributed by atoms with van der Waals surface area (Å²) < 4.78 is 13.3. The van der Waals surface area contributed by atoms with Crippen molar-refractivity contribution >= 4 is 66.5 Å². The monoisotopic (exact) mass is 625 g/mol. The zero-order chi connectivity index (χ0) is 25.8. The molecule has 182 valence electrons. The molecule has 1 fully saturated rings. The maximum Gasteiger partial charge on any atom is 0.264 e. The number of nitriles is 1. The van der Waals surface area contributed by atoms with Gasteiger partial charge in [-0.25, -0.2) is 4.99 Å². The first-order chi connectivity index (χ1) is 17.3. The molecule has 1 aliphatic heterocycles. The molecule has 1 N–H and O–H groups in total. The molecule has 6 nitrogen and oxygen atoms in total. The van der Waals surface area contributed by atoms with E-state index in [1.165, 1.54) is 11.8 Å². The summed E-state index contributed by atoms with van der Waals surface area (Å²) in [6, 6.07) is 17.0. The number of nitrogens with one attached hydrogen (secondary N) is 1. The van der Waals surface area contributed by atoms with Gasteiger partial charge in [0, 0.05) is 10.0 Å². The van der Waals surface area contributed by atoms with Crippen molar-refractivity contribution in [3.05, 3.63) is 90.2 Å². The maximum atomic E-state index is 12.6. The number of hydrogen-bond donors (Lipinski definition) is 1. The molecule has 0 unspecified atom stereocenters. The molecule has 36 heavy (non-hydrogen) atoms. The van der Waals surface area contributed by atoms with Crippen molar-refractivity contribution < 1.29 is 14.3 Å². The van der Waals surface area contributed by atoms with Gasteiger partial charge in [-0.3, -0.25) is 4.79 Å². The lowest BCUT2D eigenvalue weighted by molar-refractivity contribution is -0.115.